The van der Waals surface area contributed by atoms with Gasteiger partial charge in [0.2, 0.25) is 0 Å². The molecule has 1 aromatic heterocycles. The van der Waals surface area contributed by atoms with Crippen LogP contribution in [0, 0.1) is 0 Å². The molecule has 0 radical (unpaired) electrons. The maximum absolute atomic E-state index is 12.7. The number of guanidine groups is 1. The molecule has 1 atom stereocenters. The first-order chi connectivity index (χ1) is 13.9. The molecular weight excluding hydrogens is 510 g/mol. The first-order valence-electron chi connectivity index (χ1n) is 9.67. The number of nitrogens with zero attached hydrogens (tertiary/aromatic N) is 3. The second-order valence-electron chi connectivity index (χ2n) is 7.12. The molecule has 3 rings (SSSR count). The summed E-state index contributed by atoms with van der Waals surface area (Å²) >= 11 is 0. The number of halogens is 4. The van der Waals surface area contributed by atoms with E-state index in [1.165, 1.54) is 0 Å². The van der Waals surface area contributed by atoms with E-state index in [9.17, 15) is 13.2 Å². The molecule has 0 spiro atoms. The van der Waals surface area contributed by atoms with Crippen LogP contribution in [0.2, 0.25) is 0 Å². The summed E-state index contributed by atoms with van der Waals surface area (Å²) in [4.78, 5) is 6.46. The number of hydrogen-bond acceptors (Lipinski definition) is 4. The Kier molecular flexibility index (Phi) is 8.95. The molecule has 0 saturated carbocycles. The van der Waals surface area contributed by atoms with Gasteiger partial charge in [0.05, 0.1) is 17.8 Å². The predicted molar refractivity (Wildman–Crippen MR) is 120 cm³/mol. The van der Waals surface area contributed by atoms with Crippen LogP contribution in [-0.2, 0) is 25.7 Å². The summed E-state index contributed by atoms with van der Waals surface area (Å²) in [6.45, 7) is 4.81. The normalized spacial score (nSPS) is 17.6. The highest BCUT2D eigenvalue weighted by atomic mass is 127. The fourth-order valence-electron chi connectivity index (χ4n) is 3.32. The van der Waals surface area contributed by atoms with E-state index in [0.717, 1.165) is 55.1 Å². The minimum Gasteiger partial charge on any atom is -0.359 e. The smallest absolute Gasteiger partial charge is 0.359 e. The number of benzene rings is 1. The number of aromatic nitrogens is 1. The van der Waals surface area contributed by atoms with Gasteiger partial charge in [-0.2, -0.15) is 13.2 Å². The van der Waals surface area contributed by atoms with E-state index < -0.39 is 11.7 Å². The van der Waals surface area contributed by atoms with Crippen LogP contribution in [-0.4, -0.2) is 42.2 Å². The second-order valence-corrected chi connectivity index (χ2v) is 7.12. The molecule has 2 aromatic rings. The van der Waals surface area contributed by atoms with Gasteiger partial charge in [0.15, 0.2) is 11.7 Å². The molecule has 1 saturated heterocycles. The Labute approximate surface area is 191 Å². The number of rotatable bonds is 6. The van der Waals surface area contributed by atoms with E-state index in [1.54, 1.807) is 19.2 Å². The first kappa shape index (κ1) is 24.4. The lowest BCUT2D eigenvalue weighted by Crippen LogP contribution is -2.44. The standard InChI is InChI=1S/C20H26F3N5O.HI/c1-3-16-10-18(29-27-16)11-25-19(24-2)26-17-8-9-28(13-17)12-14-4-6-15(7-5-14)20(21,22)23;/h4-7,10,17H,3,8-9,11-13H2,1-2H3,(H2,24,25,26);1H. The Bertz CT molecular complexity index is 823. The third-order valence-corrected chi connectivity index (χ3v) is 4.92. The largest absolute Gasteiger partial charge is 0.416 e. The Hall–Kier alpha value is -1.82. The molecule has 0 amide bonds. The number of aryl methyl sites for hydroxylation is 1. The van der Waals surface area contributed by atoms with Gasteiger partial charge < -0.3 is 15.2 Å². The van der Waals surface area contributed by atoms with Crippen molar-refractivity contribution in [2.45, 2.75) is 45.1 Å². The molecule has 2 heterocycles. The van der Waals surface area contributed by atoms with Crippen molar-refractivity contribution in [2.75, 3.05) is 20.1 Å². The lowest BCUT2D eigenvalue weighted by atomic mass is 10.1. The van der Waals surface area contributed by atoms with Gasteiger partial charge in [-0.05, 0) is 30.5 Å². The summed E-state index contributed by atoms with van der Waals surface area (Å²) in [5.74, 6) is 1.43. The molecule has 6 nitrogen and oxygen atoms in total. The Morgan fingerprint density at radius 2 is 2.03 bits per heavy atom. The topological polar surface area (TPSA) is 65.7 Å². The van der Waals surface area contributed by atoms with Gasteiger partial charge in [-0.3, -0.25) is 9.89 Å². The highest BCUT2D eigenvalue weighted by Gasteiger charge is 2.30. The van der Waals surface area contributed by atoms with Crippen molar-refractivity contribution >= 4 is 29.9 Å². The van der Waals surface area contributed by atoms with E-state index >= 15 is 0 Å². The fraction of sp³-hybridized carbons (Fsp3) is 0.500. The quantitative estimate of drug-likeness (QED) is 0.334. The van der Waals surface area contributed by atoms with Crippen molar-refractivity contribution in [3.63, 3.8) is 0 Å². The van der Waals surface area contributed by atoms with Crippen LogP contribution in [0.5, 0.6) is 0 Å². The minimum absolute atomic E-state index is 0. The zero-order valence-corrected chi connectivity index (χ0v) is 19.3. The average molecular weight is 537 g/mol. The highest BCUT2D eigenvalue weighted by Crippen LogP contribution is 2.29. The Morgan fingerprint density at radius 3 is 2.63 bits per heavy atom. The minimum atomic E-state index is -4.30. The molecule has 0 aliphatic carbocycles. The van der Waals surface area contributed by atoms with Gasteiger partial charge in [-0.15, -0.1) is 24.0 Å². The number of alkyl halides is 3. The van der Waals surface area contributed by atoms with E-state index in [-0.39, 0.29) is 30.0 Å². The summed E-state index contributed by atoms with van der Waals surface area (Å²) in [5.41, 5.74) is 1.17. The van der Waals surface area contributed by atoms with Gasteiger partial charge in [-0.25, -0.2) is 0 Å². The van der Waals surface area contributed by atoms with Crippen LogP contribution >= 0.6 is 24.0 Å². The van der Waals surface area contributed by atoms with Gasteiger partial charge in [0, 0.05) is 38.8 Å². The van der Waals surface area contributed by atoms with E-state index in [0.29, 0.717) is 19.0 Å². The second kappa shape index (κ2) is 11.0. The van der Waals surface area contributed by atoms with Crippen molar-refractivity contribution in [3.8, 4) is 0 Å². The van der Waals surface area contributed by atoms with Crippen molar-refractivity contribution in [1.82, 2.24) is 20.7 Å². The number of aliphatic imine (C=N–C) groups is 1. The zero-order valence-electron chi connectivity index (χ0n) is 17.0. The lowest BCUT2D eigenvalue weighted by Gasteiger charge is -2.19. The number of nitrogens with one attached hydrogen (secondary N) is 2. The van der Waals surface area contributed by atoms with Crippen molar-refractivity contribution in [3.05, 3.63) is 52.9 Å². The van der Waals surface area contributed by atoms with Crippen molar-refractivity contribution < 1.29 is 17.7 Å². The molecule has 1 unspecified atom stereocenters. The average Bonchev–Trinajstić information content (AvgIpc) is 3.34. The highest BCUT2D eigenvalue weighted by molar-refractivity contribution is 14.0. The SMILES string of the molecule is CCc1cc(CNC(=NC)NC2CCN(Cc3ccc(C(F)(F)F)cc3)C2)on1.I. The molecule has 1 aliphatic rings. The predicted octanol–water partition coefficient (Wildman–Crippen LogP) is 3.81. The summed E-state index contributed by atoms with van der Waals surface area (Å²) in [6.07, 6.45) is -2.54. The van der Waals surface area contributed by atoms with Gasteiger partial charge >= 0.3 is 6.18 Å². The van der Waals surface area contributed by atoms with Crippen molar-refractivity contribution in [1.29, 1.82) is 0 Å². The van der Waals surface area contributed by atoms with Crippen molar-refractivity contribution in [2.24, 2.45) is 4.99 Å². The monoisotopic (exact) mass is 537 g/mol. The maximum Gasteiger partial charge on any atom is 0.416 e. The molecule has 1 aliphatic heterocycles. The maximum atomic E-state index is 12.7. The third-order valence-electron chi connectivity index (χ3n) is 4.92. The van der Waals surface area contributed by atoms with E-state index in [2.05, 4.69) is 25.7 Å². The molecule has 1 aromatic carbocycles. The summed E-state index contributed by atoms with van der Waals surface area (Å²) < 4.78 is 43.3. The first-order valence-corrected chi connectivity index (χ1v) is 9.67. The van der Waals surface area contributed by atoms with Crippen LogP contribution in [0.25, 0.3) is 0 Å². The Balaban J connectivity index is 0.00000320. The molecule has 166 valence electrons. The van der Waals surface area contributed by atoms with Crippen LogP contribution in [0.3, 0.4) is 0 Å². The van der Waals surface area contributed by atoms with Crippen LogP contribution < -0.4 is 10.6 Å². The fourth-order valence-corrected chi connectivity index (χ4v) is 3.32. The van der Waals surface area contributed by atoms with Crippen LogP contribution in [0.1, 0.15) is 35.9 Å². The van der Waals surface area contributed by atoms with Crippen LogP contribution in [0.4, 0.5) is 13.2 Å². The number of hydrogen-bond donors (Lipinski definition) is 2. The summed E-state index contributed by atoms with van der Waals surface area (Å²) in [7, 11) is 1.71. The van der Waals surface area contributed by atoms with Gasteiger partial charge in [0.25, 0.3) is 0 Å². The molecule has 2 N–H and O–H groups in total. The third kappa shape index (κ3) is 6.86. The lowest BCUT2D eigenvalue weighted by molar-refractivity contribution is -0.137. The molecule has 30 heavy (non-hydrogen) atoms. The Morgan fingerprint density at radius 1 is 1.30 bits per heavy atom. The number of likely N-dealkylation sites (tertiary alicyclic amines) is 1. The molecule has 10 heteroatoms. The molecule has 0 bridgehead atoms. The van der Waals surface area contributed by atoms with E-state index in [4.69, 9.17) is 4.52 Å². The molecular formula is C20H27F3IN5O. The van der Waals surface area contributed by atoms with Crippen LogP contribution in [0.15, 0.2) is 39.8 Å². The zero-order chi connectivity index (χ0) is 20.9. The van der Waals surface area contributed by atoms with Gasteiger partial charge in [-0.1, -0.05) is 24.2 Å². The summed E-state index contributed by atoms with van der Waals surface area (Å²) in [6, 6.07) is 7.51. The molecule has 1 fully saturated rings. The van der Waals surface area contributed by atoms with E-state index in [1.807, 2.05) is 13.0 Å². The van der Waals surface area contributed by atoms with Gasteiger partial charge in [0.1, 0.15) is 0 Å². The summed E-state index contributed by atoms with van der Waals surface area (Å²) in [5, 5.41) is 10.6.